The maximum atomic E-state index is 13.5. The number of likely N-dealkylation sites (tertiary alicyclic amines) is 1. The third-order valence-corrected chi connectivity index (χ3v) is 28.1. The fraction of sp³-hybridized carbons (Fsp3) is 0.882. The van der Waals surface area contributed by atoms with Gasteiger partial charge in [-0.3, -0.25) is 48.1 Å². The van der Waals surface area contributed by atoms with Gasteiger partial charge in [0.25, 0.3) is 0 Å². The Hall–Kier alpha value is -5.80. The van der Waals surface area contributed by atoms with E-state index in [0.29, 0.717) is 109 Å². The molecule has 738 valence electrons. The molecule has 3 saturated carbocycles. The van der Waals surface area contributed by atoms with Gasteiger partial charge in [0, 0.05) is 129 Å². The summed E-state index contributed by atoms with van der Waals surface area (Å²) in [6.07, 6.45) is 55.4. The fourth-order valence-electron chi connectivity index (χ4n) is 20.5. The Morgan fingerprint density at radius 2 is 0.852 bits per heavy atom. The van der Waals surface area contributed by atoms with Crippen LogP contribution in [0.5, 0.6) is 0 Å². The van der Waals surface area contributed by atoms with E-state index in [4.69, 9.17) is 33.2 Å². The van der Waals surface area contributed by atoms with Crippen molar-refractivity contribution in [3.8, 4) is 0 Å². The lowest BCUT2D eigenvalue weighted by atomic mass is 9.47. The first-order chi connectivity index (χ1) is 62.1. The third kappa shape index (κ3) is 48.7. The predicted octanol–water partition coefficient (Wildman–Crippen LogP) is 17.3. The number of allylic oxidation sites excluding steroid dienone is 1. The van der Waals surface area contributed by atoms with E-state index in [1.54, 1.807) is 0 Å². The van der Waals surface area contributed by atoms with E-state index in [1.165, 1.54) is 216 Å². The van der Waals surface area contributed by atoms with Crippen LogP contribution < -0.4 is 42.5 Å². The molecule has 0 aromatic heterocycles. The molecule has 128 heavy (non-hydrogen) atoms. The molecule has 26 heteroatoms. The predicted molar refractivity (Wildman–Crippen MR) is 507 cm³/mol. The Labute approximate surface area is 773 Å². The Bertz CT molecular complexity index is 3090. The summed E-state index contributed by atoms with van der Waals surface area (Å²) in [7, 11) is 0. The number of amides is 10. The van der Waals surface area contributed by atoms with E-state index in [-0.39, 0.29) is 175 Å². The number of nitrogens with zero attached hydrogens (tertiary/aromatic N) is 1. The highest BCUT2D eigenvalue weighted by atomic mass is 16.6. The quantitative estimate of drug-likeness (QED) is 0.0159. The van der Waals surface area contributed by atoms with Crippen LogP contribution in [0.3, 0.4) is 0 Å². The normalized spacial score (nSPS) is 20.6. The van der Waals surface area contributed by atoms with Crippen LogP contribution in [0.1, 0.15) is 376 Å². The van der Waals surface area contributed by atoms with Gasteiger partial charge < -0.3 is 75.7 Å². The lowest BCUT2D eigenvalue weighted by molar-refractivity contribution is -0.140. The first-order valence-corrected chi connectivity index (χ1v) is 51.9. The first kappa shape index (κ1) is 113. The zero-order chi connectivity index (χ0) is 92.5. The van der Waals surface area contributed by atoms with Gasteiger partial charge >= 0.3 is 6.09 Å². The summed E-state index contributed by atoms with van der Waals surface area (Å²) in [4.78, 5) is 128. The lowest BCUT2D eigenvalue weighted by Gasteiger charge is -2.58. The molecule has 0 aromatic carbocycles. The van der Waals surface area contributed by atoms with Crippen LogP contribution in [0.4, 0.5) is 4.79 Å². The van der Waals surface area contributed by atoms with Gasteiger partial charge in [0.05, 0.1) is 59.5 Å². The van der Waals surface area contributed by atoms with Crippen molar-refractivity contribution in [2.24, 2.45) is 58.2 Å². The molecule has 0 bridgehead atoms. The molecule has 4 fully saturated rings. The number of imide groups is 1. The topological polar surface area (TPSA) is 335 Å². The van der Waals surface area contributed by atoms with Crippen molar-refractivity contribution in [3.05, 3.63) is 11.6 Å². The van der Waals surface area contributed by atoms with Crippen molar-refractivity contribution < 1.29 is 81.1 Å². The number of unbranched alkanes of at least 4 members (excludes halogenated alkanes) is 26. The van der Waals surface area contributed by atoms with Crippen LogP contribution in [0.2, 0.25) is 0 Å². The molecule has 1 heterocycles. The van der Waals surface area contributed by atoms with E-state index in [9.17, 15) is 47.9 Å². The van der Waals surface area contributed by atoms with Gasteiger partial charge in [0.2, 0.25) is 53.2 Å². The van der Waals surface area contributed by atoms with Crippen molar-refractivity contribution in [2.45, 2.75) is 389 Å². The summed E-state index contributed by atoms with van der Waals surface area (Å²) < 4.78 is 39.9. The summed E-state index contributed by atoms with van der Waals surface area (Å²) in [5.74, 6) is 2.33. The van der Waals surface area contributed by atoms with E-state index < -0.39 is 23.9 Å². The molecule has 1 unspecified atom stereocenters. The van der Waals surface area contributed by atoms with Gasteiger partial charge in [-0.25, -0.2) is 4.79 Å². The summed E-state index contributed by atoms with van der Waals surface area (Å²) in [6, 6.07) is -0.934. The number of carbonyl (C=O) groups is 10. The number of fused-ring (bicyclic) bond motifs is 5. The number of hydrogen-bond acceptors (Lipinski definition) is 17. The largest absolute Gasteiger partial charge is 0.446 e. The van der Waals surface area contributed by atoms with Crippen LogP contribution >= 0.6 is 0 Å². The van der Waals surface area contributed by atoms with Crippen LogP contribution in [-0.4, -0.2) is 208 Å². The molecule has 1 saturated heterocycles. The summed E-state index contributed by atoms with van der Waals surface area (Å²) in [5.41, 5.74) is 2.15. The highest BCUT2D eigenvalue weighted by Gasteiger charge is 2.59. The molecular weight excluding hydrogens is 1620 g/mol. The van der Waals surface area contributed by atoms with E-state index >= 15 is 0 Å². The maximum absolute atomic E-state index is 13.5. The minimum atomic E-state index is -0.934. The molecule has 1 aliphatic heterocycles. The van der Waals surface area contributed by atoms with Crippen molar-refractivity contribution in [3.63, 3.8) is 0 Å². The minimum absolute atomic E-state index is 0.00133. The van der Waals surface area contributed by atoms with Crippen LogP contribution in [0, 0.1) is 58.2 Å². The van der Waals surface area contributed by atoms with Crippen LogP contribution in [0.15, 0.2) is 11.6 Å². The maximum Gasteiger partial charge on any atom is 0.407 e. The smallest absolute Gasteiger partial charge is 0.407 e. The fourth-order valence-corrected chi connectivity index (χ4v) is 20.5. The molecule has 5 rings (SSSR count). The SMILES string of the molecule is CCCCCCCCCCCCCCCCCCCCCCCCCCCCCC(=O)NCCOCCNC(=O)CCCOCCNC(=O)CCC[C@H](NC(=O)CCOCCOCCNC(=O)CCN1C(=O)CC(C(C)C)C1=O)C(=O)NCCCOCCCC(=O)NCCOCCNC(=O)O[C@H]1CC[C@@]2(C)C(=CC[C@H]3[C@@H]4CC[C@H]([C@H](C)CCCC(C)C)[C@@]4(C)CC[C@@H]32)C1. The Morgan fingerprint density at radius 1 is 0.406 bits per heavy atom. The summed E-state index contributed by atoms with van der Waals surface area (Å²) in [6.45, 7) is 23.8. The van der Waals surface area contributed by atoms with Crippen molar-refractivity contribution in [2.75, 3.05) is 132 Å². The third-order valence-electron chi connectivity index (χ3n) is 28.1. The molecule has 0 spiro atoms. The second-order valence-electron chi connectivity index (χ2n) is 39.2. The molecule has 0 radical (unpaired) electrons. The van der Waals surface area contributed by atoms with Gasteiger partial charge in [0.15, 0.2) is 0 Å². The molecule has 10 atom stereocenters. The van der Waals surface area contributed by atoms with Gasteiger partial charge in [-0.1, -0.05) is 253 Å². The number of carbonyl (C=O) groups excluding carboxylic acids is 10. The second-order valence-corrected chi connectivity index (χ2v) is 39.2. The number of alkyl carbamates (subject to hydrolysis) is 1. The van der Waals surface area contributed by atoms with E-state index in [0.717, 1.165) is 68.1 Å². The molecule has 26 nitrogen and oxygen atoms in total. The number of ether oxygens (including phenoxy) is 7. The van der Waals surface area contributed by atoms with Gasteiger partial charge in [-0.05, 0) is 136 Å². The molecule has 10 amide bonds. The van der Waals surface area contributed by atoms with Crippen LogP contribution in [0.25, 0.3) is 0 Å². The van der Waals surface area contributed by atoms with Gasteiger partial charge in [-0.15, -0.1) is 0 Å². The molecule has 0 aromatic rings. The zero-order valence-corrected chi connectivity index (χ0v) is 81.7. The number of hydrogen-bond donors (Lipinski definition) is 8. The summed E-state index contributed by atoms with van der Waals surface area (Å²) >= 11 is 0. The van der Waals surface area contributed by atoms with Gasteiger partial charge in [-0.2, -0.15) is 0 Å². The first-order valence-electron chi connectivity index (χ1n) is 51.9. The number of rotatable bonds is 80. The average Bonchev–Trinajstić information content (AvgIpc) is 1.60. The van der Waals surface area contributed by atoms with Crippen molar-refractivity contribution in [1.29, 1.82) is 0 Å². The highest BCUT2D eigenvalue weighted by molar-refractivity contribution is 6.04. The number of nitrogens with one attached hydrogen (secondary N) is 8. The minimum Gasteiger partial charge on any atom is -0.446 e. The lowest BCUT2D eigenvalue weighted by Crippen LogP contribution is -2.51. The van der Waals surface area contributed by atoms with Crippen molar-refractivity contribution >= 4 is 59.3 Å². The molecular formula is C102H183N9O17. The van der Waals surface area contributed by atoms with Gasteiger partial charge in [0.1, 0.15) is 12.1 Å². The monoisotopic (exact) mass is 1810 g/mol. The zero-order valence-electron chi connectivity index (χ0n) is 81.7. The second kappa shape index (κ2) is 70.0. The standard InChI is InChI=1S/C102H183N9O17/c1-9-10-11-12-13-14-15-16-17-18-19-20-21-22-23-24-25-26-27-28-29-30-31-32-33-34-35-44-91(112)103-60-71-125-72-61-105-94(115)47-39-67-123-70-59-104-92(113)45-37-43-90(110-96(117)55-69-124-76-77-127-74-63-107-95(116)54-65-111-97(118)79-86(81(4)5)99(111)120)98(119)108-58-40-68-122-66-38-46-93(114)106-62-73-126-75-64-109-100(121)128-84-52-56-101(7)83(78-84)48-49-85-88-51-50-87(82(6)42-36-41-80(2)3)102(88,8)57-53-89(85)101/h48,80-82,84-90H,9-47,49-79H2,1-8H3,(H,103,112)(H,104,113)(H,105,115)(H,106,114)(H,107,116)(H,108,119)(H,109,121)(H,110,117)/t82-,84+,85+,86?,87-,88+,89+,90+,101+,102-/m1/s1. The van der Waals surface area contributed by atoms with Crippen LogP contribution in [-0.2, 0) is 76.3 Å². The Kier molecular flexibility index (Phi) is 61.6. The molecule has 5 aliphatic rings. The van der Waals surface area contributed by atoms with E-state index in [2.05, 4.69) is 90.2 Å². The molecule has 8 N–H and O–H groups in total. The Morgan fingerprint density at radius 3 is 1.35 bits per heavy atom. The highest BCUT2D eigenvalue weighted by Crippen LogP contribution is 2.67. The Balaban J connectivity index is 0.832. The van der Waals surface area contributed by atoms with Crippen molar-refractivity contribution in [1.82, 2.24) is 47.4 Å². The molecule has 4 aliphatic carbocycles. The summed E-state index contributed by atoms with van der Waals surface area (Å²) in [5, 5.41) is 22.7. The van der Waals surface area contributed by atoms with E-state index in [1.807, 2.05) is 13.8 Å². The average molecular weight is 1810 g/mol.